The predicted molar refractivity (Wildman–Crippen MR) is 87.1 cm³/mol. The summed E-state index contributed by atoms with van der Waals surface area (Å²) < 4.78 is 4.80. The zero-order valence-electron chi connectivity index (χ0n) is 13.4. The van der Waals surface area contributed by atoms with Gasteiger partial charge >= 0.3 is 5.97 Å². The van der Waals surface area contributed by atoms with Gasteiger partial charge in [0.2, 0.25) is 0 Å². The molecule has 0 saturated heterocycles. The number of carbonyl (C=O) groups excluding carboxylic acids is 2. The number of nitrogens with one attached hydrogen (secondary N) is 1. The van der Waals surface area contributed by atoms with Crippen LogP contribution in [0.4, 0.5) is 5.69 Å². The van der Waals surface area contributed by atoms with Crippen LogP contribution < -0.4 is 5.32 Å². The van der Waals surface area contributed by atoms with E-state index in [2.05, 4.69) is 12.2 Å². The van der Waals surface area contributed by atoms with E-state index in [1.807, 2.05) is 12.1 Å². The summed E-state index contributed by atoms with van der Waals surface area (Å²) in [5.74, 6) is 0.0727. The van der Waals surface area contributed by atoms with Crippen molar-refractivity contribution >= 4 is 17.4 Å². The summed E-state index contributed by atoms with van der Waals surface area (Å²) in [7, 11) is 0. The van der Waals surface area contributed by atoms with Crippen LogP contribution in [0.3, 0.4) is 0 Å². The van der Waals surface area contributed by atoms with E-state index in [9.17, 15) is 9.59 Å². The Kier molecular flexibility index (Phi) is 5.99. The Bertz CT molecular complexity index is 504. The number of esters is 1. The number of hydrogen-bond acceptors (Lipinski definition) is 4. The quantitative estimate of drug-likeness (QED) is 0.473. The summed E-state index contributed by atoms with van der Waals surface area (Å²) in [6, 6.07) is 7.80. The summed E-state index contributed by atoms with van der Waals surface area (Å²) >= 11 is 0. The van der Waals surface area contributed by atoms with E-state index in [1.165, 1.54) is 25.7 Å². The molecule has 1 aromatic carbocycles. The van der Waals surface area contributed by atoms with Gasteiger partial charge < -0.3 is 10.1 Å². The maximum Gasteiger partial charge on any atom is 0.313 e. The molecule has 4 nitrogen and oxygen atoms in total. The Balaban J connectivity index is 1.89. The fourth-order valence-corrected chi connectivity index (χ4v) is 3.04. The molecule has 1 unspecified atom stereocenters. The zero-order chi connectivity index (χ0) is 15.9. The van der Waals surface area contributed by atoms with Crippen LogP contribution >= 0.6 is 0 Å². The molecular weight excluding hydrogens is 278 g/mol. The Morgan fingerprint density at radius 3 is 2.45 bits per heavy atom. The normalized spacial score (nSPS) is 16.3. The van der Waals surface area contributed by atoms with Crippen molar-refractivity contribution < 1.29 is 14.3 Å². The number of Topliss-reactive ketones (excluding diaryl/α,β-unsaturated/α-hetero) is 1. The third kappa shape index (κ3) is 4.58. The van der Waals surface area contributed by atoms with Crippen LogP contribution in [0.2, 0.25) is 0 Å². The molecule has 0 aliphatic heterocycles. The van der Waals surface area contributed by atoms with Crippen LogP contribution in [-0.4, -0.2) is 24.4 Å². The molecule has 0 amide bonds. The van der Waals surface area contributed by atoms with Gasteiger partial charge in [-0.3, -0.25) is 9.59 Å². The van der Waals surface area contributed by atoms with Gasteiger partial charge in [0.15, 0.2) is 5.78 Å². The molecule has 120 valence electrons. The van der Waals surface area contributed by atoms with Crippen LogP contribution in [0.1, 0.15) is 56.3 Å². The number of hydrogen-bond donors (Lipinski definition) is 1. The lowest BCUT2D eigenvalue weighted by Gasteiger charge is -2.21. The standard InChI is InChI=1S/C18H25NO3/c1-3-22-18(21)12-17(20)15-8-10-16(11-9-15)19-13(2)14-6-4-5-7-14/h8-11,13-14,19H,3-7,12H2,1-2H3. The molecule has 0 bridgehead atoms. The van der Waals surface area contributed by atoms with Crippen molar-refractivity contribution in [2.45, 2.75) is 52.0 Å². The van der Waals surface area contributed by atoms with Crippen LogP contribution in [0, 0.1) is 5.92 Å². The summed E-state index contributed by atoms with van der Waals surface area (Å²) in [6.07, 6.45) is 5.06. The second-order valence-electron chi connectivity index (χ2n) is 5.96. The lowest BCUT2D eigenvalue weighted by atomic mass is 9.99. The second-order valence-corrected chi connectivity index (χ2v) is 5.96. The molecule has 0 radical (unpaired) electrons. The molecule has 0 aromatic heterocycles. The van der Waals surface area contributed by atoms with E-state index >= 15 is 0 Å². The smallest absolute Gasteiger partial charge is 0.313 e. The topological polar surface area (TPSA) is 55.4 Å². The average molecular weight is 303 g/mol. The maximum absolute atomic E-state index is 12.0. The van der Waals surface area contributed by atoms with Crippen molar-refractivity contribution in [3.8, 4) is 0 Å². The SMILES string of the molecule is CCOC(=O)CC(=O)c1ccc(NC(C)C2CCCC2)cc1. The molecule has 0 heterocycles. The molecule has 1 N–H and O–H groups in total. The lowest BCUT2D eigenvalue weighted by molar-refractivity contribution is -0.141. The monoisotopic (exact) mass is 303 g/mol. The fourth-order valence-electron chi connectivity index (χ4n) is 3.04. The van der Waals surface area contributed by atoms with Crippen molar-refractivity contribution in [1.29, 1.82) is 0 Å². The summed E-state index contributed by atoms with van der Waals surface area (Å²) in [4.78, 5) is 23.3. The maximum atomic E-state index is 12.0. The highest BCUT2D eigenvalue weighted by atomic mass is 16.5. The Hall–Kier alpha value is -1.84. The van der Waals surface area contributed by atoms with Gasteiger partial charge in [-0.2, -0.15) is 0 Å². The van der Waals surface area contributed by atoms with Gasteiger partial charge in [0.25, 0.3) is 0 Å². The van der Waals surface area contributed by atoms with E-state index in [-0.39, 0.29) is 12.2 Å². The van der Waals surface area contributed by atoms with Crippen LogP contribution in [0.15, 0.2) is 24.3 Å². The number of carbonyl (C=O) groups is 2. The number of benzene rings is 1. The average Bonchev–Trinajstić information content (AvgIpc) is 3.02. The Labute approximate surface area is 132 Å². The van der Waals surface area contributed by atoms with Gasteiger partial charge in [-0.15, -0.1) is 0 Å². The number of anilines is 1. The largest absolute Gasteiger partial charge is 0.466 e. The van der Waals surface area contributed by atoms with Crippen molar-refractivity contribution in [2.75, 3.05) is 11.9 Å². The van der Waals surface area contributed by atoms with Gasteiger partial charge in [-0.05, 0) is 56.9 Å². The van der Waals surface area contributed by atoms with Gasteiger partial charge in [0, 0.05) is 17.3 Å². The predicted octanol–water partition coefficient (Wildman–Crippen LogP) is 3.81. The van der Waals surface area contributed by atoms with E-state index in [0.717, 1.165) is 11.6 Å². The third-order valence-corrected chi connectivity index (χ3v) is 4.32. The summed E-state index contributed by atoms with van der Waals surface area (Å²) in [5.41, 5.74) is 1.57. The third-order valence-electron chi connectivity index (χ3n) is 4.32. The Morgan fingerprint density at radius 1 is 1.23 bits per heavy atom. The summed E-state index contributed by atoms with van der Waals surface area (Å²) in [5, 5.41) is 3.51. The van der Waals surface area contributed by atoms with E-state index in [4.69, 9.17) is 4.74 Å². The van der Waals surface area contributed by atoms with Gasteiger partial charge in [-0.1, -0.05) is 12.8 Å². The molecule has 0 spiro atoms. The van der Waals surface area contributed by atoms with E-state index in [1.54, 1.807) is 19.1 Å². The first kappa shape index (κ1) is 16.5. The van der Waals surface area contributed by atoms with Crippen molar-refractivity contribution in [1.82, 2.24) is 0 Å². The van der Waals surface area contributed by atoms with E-state index in [0.29, 0.717) is 18.2 Å². The van der Waals surface area contributed by atoms with Crippen molar-refractivity contribution in [2.24, 2.45) is 5.92 Å². The highest BCUT2D eigenvalue weighted by Crippen LogP contribution is 2.29. The number of ether oxygens (including phenoxy) is 1. The fraction of sp³-hybridized carbons (Fsp3) is 0.556. The first-order valence-corrected chi connectivity index (χ1v) is 8.15. The minimum atomic E-state index is -0.468. The highest BCUT2D eigenvalue weighted by molar-refractivity contribution is 6.06. The van der Waals surface area contributed by atoms with Gasteiger partial charge in [-0.25, -0.2) is 0 Å². The van der Waals surface area contributed by atoms with Crippen molar-refractivity contribution in [3.63, 3.8) is 0 Å². The zero-order valence-corrected chi connectivity index (χ0v) is 13.4. The minimum absolute atomic E-state index is 0.195. The number of ketones is 1. The van der Waals surface area contributed by atoms with E-state index < -0.39 is 5.97 Å². The highest BCUT2D eigenvalue weighted by Gasteiger charge is 2.21. The van der Waals surface area contributed by atoms with Crippen LogP contribution in [0.5, 0.6) is 0 Å². The van der Waals surface area contributed by atoms with Gasteiger partial charge in [0.1, 0.15) is 6.42 Å². The van der Waals surface area contributed by atoms with Crippen LogP contribution in [0.25, 0.3) is 0 Å². The summed E-state index contributed by atoms with van der Waals surface area (Å²) in [6.45, 7) is 4.25. The van der Waals surface area contributed by atoms with Gasteiger partial charge in [0.05, 0.1) is 6.61 Å². The van der Waals surface area contributed by atoms with Crippen LogP contribution in [-0.2, 0) is 9.53 Å². The molecule has 1 fully saturated rings. The molecule has 22 heavy (non-hydrogen) atoms. The lowest BCUT2D eigenvalue weighted by Crippen LogP contribution is -2.23. The second kappa shape index (κ2) is 7.97. The van der Waals surface area contributed by atoms with Crippen molar-refractivity contribution in [3.05, 3.63) is 29.8 Å². The number of rotatable bonds is 7. The molecule has 1 aliphatic carbocycles. The molecule has 1 atom stereocenters. The Morgan fingerprint density at radius 2 is 1.86 bits per heavy atom. The first-order chi connectivity index (χ1) is 10.6. The molecule has 2 rings (SSSR count). The molecule has 4 heteroatoms. The molecule has 1 saturated carbocycles. The minimum Gasteiger partial charge on any atom is -0.466 e. The molecular formula is C18H25NO3. The molecule has 1 aliphatic rings. The molecule has 1 aromatic rings. The first-order valence-electron chi connectivity index (χ1n) is 8.15.